The van der Waals surface area contributed by atoms with Crippen LogP contribution in [0.5, 0.6) is 0 Å². The van der Waals surface area contributed by atoms with Gasteiger partial charge in [-0.25, -0.2) is 4.39 Å². The summed E-state index contributed by atoms with van der Waals surface area (Å²) in [5.74, 6) is 2.41. The molecule has 1 nitrogen and oxygen atoms in total. The van der Waals surface area contributed by atoms with E-state index in [1.54, 1.807) is 12.1 Å². The fourth-order valence-electron chi connectivity index (χ4n) is 3.73. The number of halogens is 1. The van der Waals surface area contributed by atoms with Gasteiger partial charge in [0.1, 0.15) is 5.82 Å². The molecule has 0 bridgehead atoms. The van der Waals surface area contributed by atoms with Crippen molar-refractivity contribution in [2.75, 3.05) is 12.3 Å². The van der Waals surface area contributed by atoms with Crippen molar-refractivity contribution in [3.05, 3.63) is 41.2 Å². The van der Waals surface area contributed by atoms with E-state index in [0.717, 1.165) is 30.2 Å². The van der Waals surface area contributed by atoms with Crippen molar-refractivity contribution in [2.45, 2.75) is 44.0 Å². The molecule has 1 aromatic rings. The summed E-state index contributed by atoms with van der Waals surface area (Å²) in [6.07, 6.45) is 5.97. The molecule has 1 heterocycles. The van der Waals surface area contributed by atoms with E-state index in [9.17, 15) is 4.39 Å². The molecule has 3 unspecified atom stereocenters. The normalized spacial score (nSPS) is 28.9. The quantitative estimate of drug-likeness (QED) is 0.793. The lowest BCUT2D eigenvalue weighted by atomic mass is 9.83. The third-order valence-electron chi connectivity index (χ3n) is 4.55. The number of allylic oxidation sites excluding steroid dienone is 2. The molecule has 0 saturated heterocycles. The Balaban J connectivity index is 1.65. The Kier molecular flexibility index (Phi) is 4.70. The van der Waals surface area contributed by atoms with E-state index in [2.05, 4.69) is 25.2 Å². The van der Waals surface area contributed by atoms with E-state index in [4.69, 9.17) is 0 Å². The van der Waals surface area contributed by atoms with Gasteiger partial charge in [0.05, 0.1) is 0 Å². The van der Waals surface area contributed by atoms with E-state index in [1.807, 2.05) is 17.8 Å². The molecular weight excluding hydrogens is 281 g/mol. The Bertz CT molecular complexity index is 540. The first-order valence-electron chi connectivity index (χ1n) is 7.94. The standard InChI is InChI=1S/C18H24FNS/c1-12-7-13(2)9-14(8-12)11-20-17-5-6-21-18-4-3-15(19)10-16(17)18/h3-4,7,10,12,14,17,20H,5-6,8-9,11H2,1-2H3. The van der Waals surface area contributed by atoms with E-state index in [0.29, 0.717) is 12.0 Å². The van der Waals surface area contributed by atoms with Crippen LogP contribution in [-0.2, 0) is 0 Å². The molecule has 0 aromatic heterocycles. The number of fused-ring (bicyclic) bond motifs is 1. The van der Waals surface area contributed by atoms with E-state index >= 15 is 0 Å². The van der Waals surface area contributed by atoms with Crippen LogP contribution in [-0.4, -0.2) is 12.3 Å². The van der Waals surface area contributed by atoms with Crippen LogP contribution in [0.15, 0.2) is 34.7 Å². The van der Waals surface area contributed by atoms with E-state index < -0.39 is 0 Å². The van der Waals surface area contributed by atoms with E-state index in [1.165, 1.54) is 23.3 Å². The van der Waals surface area contributed by atoms with Gasteiger partial charge in [-0.05, 0) is 74.1 Å². The first-order chi connectivity index (χ1) is 10.1. The Morgan fingerprint density at radius 3 is 3.05 bits per heavy atom. The molecule has 3 heteroatoms. The predicted molar refractivity (Wildman–Crippen MR) is 88.1 cm³/mol. The third-order valence-corrected chi connectivity index (χ3v) is 5.67. The predicted octanol–water partition coefficient (Wildman–Crippen LogP) is 4.94. The topological polar surface area (TPSA) is 12.0 Å². The van der Waals surface area contributed by atoms with Crippen LogP contribution in [0.1, 0.15) is 44.7 Å². The largest absolute Gasteiger partial charge is 0.310 e. The van der Waals surface area contributed by atoms with Crippen LogP contribution in [0, 0.1) is 17.7 Å². The lowest BCUT2D eigenvalue weighted by Crippen LogP contribution is -2.31. The molecule has 3 rings (SSSR count). The Labute approximate surface area is 131 Å². The Hall–Kier alpha value is -0.800. The SMILES string of the molecule is CC1=CC(C)CC(CNC2CCSc3ccc(F)cc32)C1. The van der Waals surface area contributed by atoms with Crippen LogP contribution >= 0.6 is 11.8 Å². The molecule has 0 fully saturated rings. The summed E-state index contributed by atoms with van der Waals surface area (Å²) >= 11 is 1.85. The van der Waals surface area contributed by atoms with Crippen molar-refractivity contribution in [2.24, 2.45) is 11.8 Å². The molecular formula is C18H24FNS. The summed E-state index contributed by atoms with van der Waals surface area (Å²) < 4.78 is 13.5. The fraction of sp³-hybridized carbons (Fsp3) is 0.556. The molecule has 1 aromatic carbocycles. The van der Waals surface area contributed by atoms with Crippen LogP contribution in [0.4, 0.5) is 4.39 Å². The van der Waals surface area contributed by atoms with Gasteiger partial charge in [0, 0.05) is 10.9 Å². The number of benzene rings is 1. The van der Waals surface area contributed by atoms with Gasteiger partial charge in [0.2, 0.25) is 0 Å². The molecule has 1 N–H and O–H groups in total. The summed E-state index contributed by atoms with van der Waals surface area (Å²) in [5.41, 5.74) is 2.67. The second-order valence-electron chi connectivity index (χ2n) is 6.58. The van der Waals surface area contributed by atoms with Gasteiger partial charge in [-0.1, -0.05) is 18.6 Å². The fourth-order valence-corrected chi connectivity index (χ4v) is 4.83. The van der Waals surface area contributed by atoms with Gasteiger partial charge in [-0.2, -0.15) is 0 Å². The Morgan fingerprint density at radius 1 is 1.38 bits per heavy atom. The van der Waals surface area contributed by atoms with Crippen LogP contribution in [0.3, 0.4) is 0 Å². The molecule has 0 spiro atoms. The molecule has 21 heavy (non-hydrogen) atoms. The monoisotopic (exact) mass is 305 g/mol. The van der Waals surface area contributed by atoms with Crippen molar-refractivity contribution in [1.29, 1.82) is 0 Å². The van der Waals surface area contributed by atoms with E-state index in [-0.39, 0.29) is 5.82 Å². The highest BCUT2D eigenvalue weighted by Crippen LogP contribution is 2.37. The maximum atomic E-state index is 13.5. The zero-order chi connectivity index (χ0) is 14.8. The van der Waals surface area contributed by atoms with Gasteiger partial charge in [0.25, 0.3) is 0 Å². The van der Waals surface area contributed by atoms with Gasteiger partial charge >= 0.3 is 0 Å². The highest BCUT2D eigenvalue weighted by atomic mass is 32.2. The van der Waals surface area contributed by atoms with Gasteiger partial charge in [0.15, 0.2) is 0 Å². The maximum absolute atomic E-state index is 13.5. The van der Waals surface area contributed by atoms with Crippen LogP contribution < -0.4 is 5.32 Å². The first-order valence-corrected chi connectivity index (χ1v) is 8.93. The third kappa shape index (κ3) is 3.70. The smallest absolute Gasteiger partial charge is 0.123 e. The molecule has 0 saturated carbocycles. The zero-order valence-corrected chi connectivity index (χ0v) is 13.7. The summed E-state index contributed by atoms with van der Waals surface area (Å²) in [7, 11) is 0. The summed E-state index contributed by atoms with van der Waals surface area (Å²) in [4.78, 5) is 1.24. The average Bonchev–Trinajstić information content (AvgIpc) is 2.44. The minimum atomic E-state index is -0.117. The average molecular weight is 305 g/mol. The van der Waals surface area contributed by atoms with Crippen molar-refractivity contribution in [1.82, 2.24) is 5.32 Å². The molecule has 1 aliphatic heterocycles. The highest BCUT2D eigenvalue weighted by molar-refractivity contribution is 7.99. The van der Waals surface area contributed by atoms with Crippen molar-refractivity contribution in [3.8, 4) is 0 Å². The summed E-state index contributed by atoms with van der Waals surface area (Å²) in [6, 6.07) is 5.54. The summed E-state index contributed by atoms with van der Waals surface area (Å²) in [5, 5.41) is 3.71. The van der Waals surface area contributed by atoms with Crippen molar-refractivity contribution >= 4 is 11.8 Å². The molecule has 0 radical (unpaired) electrons. The number of hydrogen-bond donors (Lipinski definition) is 1. The Morgan fingerprint density at radius 2 is 2.24 bits per heavy atom. The molecule has 1 aliphatic carbocycles. The van der Waals surface area contributed by atoms with Gasteiger partial charge in [-0.3, -0.25) is 0 Å². The maximum Gasteiger partial charge on any atom is 0.123 e. The molecule has 2 aliphatic rings. The number of rotatable bonds is 3. The summed E-state index contributed by atoms with van der Waals surface area (Å²) in [6.45, 7) is 5.59. The number of nitrogens with one attached hydrogen (secondary N) is 1. The minimum Gasteiger partial charge on any atom is -0.310 e. The number of hydrogen-bond acceptors (Lipinski definition) is 2. The van der Waals surface area contributed by atoms with Crippen LogP contribution in [0.25, 0.3) is 0 Å². The van der Waals surface area contributed by atoms with Crippen molar-refractivity contribution in [3.63, 3.8) is 0 Å². The second kappa shape index (κ2) is 6.53. The molecule has 3 atom stereocenters. The lowest BCUT2D eigenvalue weighted by molar-refractivity contribution is 0.356. The highest BCUT2D eigenvalue weighted by Gasteiger charge is 2.23. The number of thioether (sulfide) groups is 1. The van der Waals surface area contributed by atoms with Crippen LogP contribution in [0.2, 0.25) is 0 Å². The minimum absolute atomic E-state index is 0.117. The molecule has 0 amide bonds. The van der Waals surface area contributed by atoms with Crippen molar-refractivity contribution < 1.29 is 4.39 Å². The lowest BCUT2D eigenvalue weighted by Gasteiger charge is -2.30. The first kappa shape index (κ1) is 15.1. The van der Waals surface area contributed by atoms with Gasteiger partial charge in [-0.15, -0.1) is 11.8 Å². The second-order valence-corrected chi connectivity index (χ2v) is 7.71. The van der Waals surface area contributed by atoms with Gasteiger partial charge < -0.3 is 5.32 Å². The molecule has 114 valence electrons. The zero-order valence-electron chi connectivity index (χ0n) is 12.9.